The number of Topliss-reactive ketones (excluding diaryl/α,β-unsaturated/α-hetero) is 1. The number of benzene rings is 2. The van der Waals surface area contributed by atoms with Crippen LogP contribution in [0.25, 0.3) is 0 Å². The van der Waals surface area contributed by atoms with E-state index in [0.717, 1.165) is 0 Å². The molecule has 0 aromatic heterocycles. The molecule has 1 amide bonds. The maximum absolute atomic E-state index is 11.8. The van der Waals surface area contributed by atoms with E-state index in [1.54, 1.807) is 42.5 Å². The fraction of sp³-hybridized carbons (Fsp3) is 0.0667. The third-order valence-electron chi connectivity index (χ3n) is 2.40. The largest absolute Gasteiger partial charge is 0.325 e. The summed E-state index contributed by atoms with van der Waals surface area (Å²) in [5.74, 6) is -0.518. The third kappa shape index (κ3) is 3.28. The third-order valence-corrected chi connectivity index (χ3v) is 2.40. The van der Waals surface area contributed by atoms with E-state index >= 15 is 0 Å². The first-order valence-corrected chi connectivity index (χ1v) is 5.60. The highest BCUT2D eigenvalue weighted by molar-refractivity contribution is 6.10. The second-order valence-electron chi connectivity index (χ2n) is 3.79. The number of ketones is 1. The predicted octanol–water partition coefficient (Wildman–Crippen LogP) is 2.70. The SMILES string of the molecule is O=C(CC(=O)c1ccccc1)Nc1[c]cccc1. The molecule has 3 heteroatoms. The second kappa shape index (κ2) is 5.77. The number of amides is 1. The topological polar surface area (TPSA) is 46.2 Å². The van der Waals surface area contributed by atoms with Crippen LogP contribution in [-0.4, -0.2) is 11.7 Å². The minimum Gasteiger partial charge on any atom is -0.325 e. The lowest BCUT2D eigenvalue weighted by Crippen LogP contribution is -2.16. The molecule has 0 atom stereocenters. The number of hydrogen-bond acceptors (Lipinski definition) is 2. The van der Waals surface area contributed by atoms with Crippen LogP contribution < -0.4 is 5.32 Å². The summed E-state index contributed by atoms with van der Waals surface area (Å²) in [4.78, 5) is 23.4. The van der Waals surface area contributed by atoms with E-state index in [0.29, 0.717) is 11.3 Å². The van der Waals surface area contributed by atoms with Gasteiger partial charge in [-0.1, -0.05) is 48.5 Å². The normalized spacial score (nSPS) is 9.78. The average molecular weight is 238 g/mol. The Bertz CT molecular complexity index is 535. The van der Waals surface area contributed by atoms with Crippen molar-refractivity contribution >= 4 is 17.4 Å². The molecule has 0 spiro atoms. The van der Waals surface area contributed by atoms with E-state index in [2.05, 4.69) is 11.4 Å². The molecule has 2 aromatic rings. The summed E-state index contributed by atoms with van der Waals surface area (Å²) in [7, 11) is 0. The molecule has 0 aliphatic carbocycles. The van der Waals surface area contributed by atoms with Crippen molar-refractivity contribution in [3.8, 4) is 0 Å². The van der Waals surface area contributed by atoms with E-state index in [1.807, 2.05) is 12.1 Å². The molecule has 0 saturated heterocycles. The number of hydrogen-bond donors (Lipinski definition) is 1. The summed E-state index contributed by atoms with van der Waals surface area (Å²) in [6.45, 7) is 0. The maximum atomic E-state index is 11.8. The Morgan fingerprint density at radius 1 is 1.00 bits per heavy atom. The molecule has 0 unspecified atom stereocenters. The molecule has 0 fully saturated rings. The van der Waals surface area contributed by atoms with E-state index in [4.69, 9.17) is 0 Å². The molecule has 1 N–H and O–H groups in total. The molecule has 3 nitrogen and oxygen atoms in total. The highest BCUT2D eigenvalue weighted by atomic mass is 16.2. The minimum atomic E-state index is -0.327. The van der Waals surface area contributed by atoms with Gasteiger partial charge in [-0.15, -0.1) is 0 Å². The molecule has 2 rings (SSSR count). The van der Waals surface area contributed by atoms with Gasteiger partial charge in [-0.05, 0) is 6.07 Å². The lowest BCUT2D eigenvalue weighted by Gasteiger charge is -2.04. The molecule has 1 radical (unpaired) electrons. The van der Waals surface area contributed by atoms with Gasteiger partial charge in [0.1, 0.15) is 0 Å². The molecular formula is C15H12NO2. The van der Waals surface area contributed by atoms with Gasteiger partial charge in [-0.25, -0.2) is 0 Å². The lowest BCUT2D eigenvalue weighted by atomic mass is 10.1. The molecule has 0 aliphatic heterocycles. The molecule has 18 heavy (non-hydrogen) atoms. The standard InChI is InChI=1S/C15H12NO2/c17-14(12-7-3-1-4-8-12)11-15(18)16-13-9-5-2-6-10-13/h1-9H,11H2,(H,16,18). The summed E-state index contributed by atoms with van der Waals surface area (Å²) >= 11 is 0. The number of carbonyl (C=O) groups is 2. The molecule has 0 bridgehead atoms. The van der Waals surface area contributed by atoms with Gasteiger partial charge in [0.25, 0.3) is 0 Å². The van der Waals surface area contributed by atoms with Crippen molar-refractivity contribution in [1.82, 2.24) is 0 Å². The molecule has 0 aliphatic rings. The van der Waals surface area contributed by atoms with E-state index < -0.39 is 0 Å². The van der Waals surface area contributed by atoms with E-state index in [-0.39, 0.29) is 18.1 Å². The summed E-state index contributed by atoms with van der Waals surface area (Å²) in [6.07, 6.45) is -0.160. The Labute approximate surface area is 105 Å². The Morgan fingerprint density at radius 2 is 1.72 bits per heavy atom. The van der Waals surface area contributed by atoms with Crippen LogP contribution in [0.3, 0.4) is 0 Å². The highest BCUT2D eigenvalue weighted by Crippen LogP contribution is 2.07. The summed E-state index contributed by atoms with van der Waals surface area (Å²) in [5, 5.41) is 2.63. The molecule has 2 aromatic carbocycles. The first-order valence-electron chi connectivity index (χ1n) is 5.60. The van der Waals surface area contributed by atoms with Gasteiger partial charge in [-0.3, -0.25) is 9.59 Å². The fourth-order valence-corrected chi connectivity index (χ4v) is 1.54. The van der Waals surface area contributed by atoms with Gasteiger partial charge >= 0.3 is 0 Å². The second-order valence-corrected chi connectivity index (χ2v) is 3.79. The zero-order chi connectivity index (χ0) is 12.8. The first kappa shape index (κ1) is 12.0. The maximum Gasteiger partial charge on any atom is 0.232 e. The molecular weight excluding hydrogens is 226 g/mol. The smallest absolute Gasteiger partial charge is 0.232 e. The first-order chi connectivity index (χ1) is 8.75. The number of carbonyl (C=O) groups excluding carboxylic acids is 2. The molecule has 0 heterocycles. The van der Waals surface area contributed by atoms with Crippen LogP contribution in [0.4, 0.5) is 5.69 Å². The number of nitrogens with one attached hydrogen (secondary N) is 1. The summed E-state index contributed by atoms with van der Waals surface area (Å²) in [5.41, 5.74) is 1.12. The highest BCUT2D eigenvalue weighted by Gasteiger charge is 2.11. The van der Waals surface area contributed by atoms with Crippen molar-refractivity contribution in [3.05, 3.63) is 66.2 Å². The van der Waals surface area contributed by atoms with E-state index in [1.165, 1.54) is 0 Å². The van der Waals surface area contributed by atoms with Crippen LogP contribution in [0.1, 0.15) is 16.8 Å². The van der Waals surface area contributed by atoms with Gasteiger partial charge < -0.3 is 5.32 Å². The lowest BCUT2D eigenvalue weighted by molar-refractivity contribution is -0.115. The van der Waals surface area contributed by atoms with Gasteiger partial charge in [0, 0.05) is 17.3 Å². The van der Waals surface area contributed by atoms with Crippen molar-refractivity contribution in [2.24, 2.45) is 0 Å². The zero-order valence-electron chi connectivity index (χ0n) is 9.72. The van der Waals surface area contributed by atoms with Crippen LogP contribution in [0.15, 0.2) is 54.6 Å². The van der Waals surface area contributed by atoms with Gasteiger partial charge in [0.15, 0.2) is 5.78 Å². The van der Waals surface area contributed by atoms with E-state index in [9.17, 15) is 9.59 Å². The van der Waals surface area contributed by atoms with Crippen molar-refractivity contribution in [2.75, 3.05) is 5.32 Å². The van der Waals surface area contributed by atoms with Gasteiger partial charge in [-0.2, -0.15) is 0 Å². The molecule has 89 valence electrons. The van der Waals surface area contributed by atoms with Crippen LogP contribution in [0, 0.1) is 6.07 Å². The average Bonchev–Trinajstić information content (AvgIpc) is 2.40. The predicted molar refractivity (Wildman–Crippen MR) is 69.3 cm³/mol. The summed E-state index contributed by atoms with van der Waals surface area (Å²) in [6, 6.07) is 18.7. The zero-order valence-corrected chi connectivity index (χ0v) is 9.72. The Kier molecular flexibility index (Phi) is 3.86. The van der Waals surface area contributed by atoms with Crippen molar-refractivity contribution < 1.29 is 9.59 Å². The van der Waals surface area contributed by atoms with Crippen LogP contribution in [0.2, 0.25) is 0 Å². The Hall–Kier alpha value is -2.42. The Balaban J connectivity index is 1.94. The number of rotatable bonds is 4. The summed E-state index contributed by atoms with van der Waals surface area (Å²) < 4.78 is 0. The number of anilines is 1. The number of para-hydroxylation sites is 1. The quantitative estimate of drug-likeness (QED) is 0.657. The molecule has 0 saturated carbocycles. The van der Waals surface area contributed by atoms with Crippen LogP contribution in [0.5, 0.6) is 0 Å². The van der Waals surface area contributed by atoms with Crippen LogP contribution >= 0.6 is 0 Å². The fourth-order valence-electron chi connectivity index (χ4n) is 1.54. The Morgan fingerprint density at radius 3 is 2.39 bits per heavy atom. The van der Waals surface area contributed by atoms with Crippen LogP contribution in [-0.2, 0) is 4.79 Å². The minimum absolute atomic E-state index is 0.160. The van der Waals surface area contributed by atoms with Crippen molar-refractivity contribution in [3.63, 3.8) is 0 Å². The van der Waals surface area contributed by atoms with Crippen molar-refractivity contribution in [2.45, 2.75) is 6.42 Å². The van der Waals surface area contributed by atoms with Crippen molar-refractivity contribution in [1.29, 1.82) is 0 Å². The monoisotopic (exact) mass is 238 g/mol. The van der Waals surface area contributed by atoms with Gasteiger partial charge in [0.05, 0.1) is 6.42 Å². The van der Waals surface area contributed by atoms with Gasteiger partial charge in [0.2, 0.25) is 5.91 Å².